The molecule has 1 aliphatic rings. The summed E-state index contributed by atoms with van der Waals surface area (Å²) in [4.78, 5) is 8.95. The van der Waals surface area contributed by atoms with Crippen LogP contribution in [-0.2, 0) is 0 Å². The highest BCUT2D eigenvalue weighted by Gasteiger charge is 2.30. The van der Waals surface area contributed by atoms with Gasteiger partial charge in [0.05, 0.1) is 21.7 Å². The standard InChI is InChI=1S/C18H15FN4S/c1-11-16-17(13-4-3-9-20-10-13)24-12(2)21-18(16)23(22-11)15-7-5-14(19)6-8-15/h3-10,17H,1-2H3/t17-/m1/s1. The van der Waals surface area contributed by atoms with Crippen molar-refractivity contribution in [2.24, 2.45) is 4.99 Å². The Morgan fingerprint density at radius 1 is 1.12 bits per heavy atom. The molecule has 4 rings (SSSR count). The van der Waals surface area contributed by atoms with Crippen molar-refractivity contribution in [1.29, 1.82) is 0 Å². The van der Waals surface area contributed by atoms with Gasteiger partial charge in [-0.05, 0) is 49.7 Å². The zero-order valence-electron chi connectivity index (χ0n) is 13.3. The van der Waals surface area contributed by atoms with Crippen LogP contribution in [0.25, 0.3) is 5.69 Å². The van der Waals surface area contributed by atoms with Gasteiger partial charge in [0.2, 0.25) is 0 Å². The SMILES string of the molecule is CC1=Nc2c(c(C)nn2-c2ccc(F)cc2)[C@@H](c2cccnc2)S1. The maximum atomic E-state index is 13.2. The van der Waals surface area contributed by atoms with Crippen LogP contribution in [0, 0.1) is 12.7 Å². The predicted molar refractivity (Wildman–Crippen MR) is 94.7 cm³/mol. The number of halogens is 1. The van der Waals surface area contributed by atoms with Crippen LogP contribution in [-0.4, -0.2) is 19.8 Å². The molecule has 1 aliphatic heterocycles. The van der Waals surface area contributed by atoms with Crippen LogP contribution in [0.4, 0.5) is 10.2 Å². The Bertz CT molecular complexity index is 916. The Morgan fingerprint density at radius 2 is 1.92 bits per heavy atom. The van der Waals surface area contributed by atoms with Crippen molar-refractivity contribution in [2.45, 2.75) is 19.1 Å². The summed E-state index contributed by atoms with van der Waals surface area (Å²) in [6, 6.07) is 10.3. The smallest absolute Gasteiger partial charge is 0.161 e. The van der Waals surface area contributed by atoms with Crippen LogP contribution in [0.15, 0.2) is 53.8 Å². The second-order valence-corrected chi connectivity index (χ2v) is 6.92. The van der Waals surface area contributed by atoms with Gasteiger partial charge in [0.15, 0.2) is 5.82 Å². The lowest BCUT2D eigenvalue weighted by Gasteiger charge is -2.21. The molecule has 0 bridgehead atoms. The van der Waals surface area contributed by atoms with Crippen LogP contribution in [0.3, 0.4) is 0 Å². The minimum Gasteiger partial charge on any atom is -0.264 e. The molecule has 120 valence electrons. The quantitative estimate of drug-likeness (QED) is 0.686. The fourth-order valence-corrected chi connectivity index (χ4v) is 4.02. The highest BCUT2D eigenvalue weighted by Crippen LogP contribution is 2.47. The van der Waals surface area contributed by atoms with Crippen LogP contribution >= 0.6 is 11.8 Å². The highest BCUT2D eigenvalue weighted by atomic mass is 32.2. The van der Waals surface area contributed by atoms with E-state index < -0.39 is 0 Å². The average molecular weight is 338 g/mol. The molecule has 3 aromatic rings. The number of fused-ring (bicyclic) bond motifs is 1. The number of aryl methyl sites for hydroxylation is 1. The highest BCUT2D eigenvalue weighted by molar-refractivity contribution is 8.14. The summed E-state index contributed by atoms with van der Waals surface area (Å²) >= 11 is 1.70. The summed E-state index contributed by atoms with van der Waals surface area (Å²) in [5.41, 5.74) is 3.93. The number of benzene rings is 1. The lowest BCUT2D eigenvalue weighted by Crippen LogP contribution is -2.06. The van der Waals surface area contributed by atoms with Gasteiger partial charge in [0.1, 0.15) is 5.82 Å². The first-order valence-corrected chi connectivity index (χ1v) is 8.49. The molecule has 1 aromatic carbocycles. The molecule has 3 heterocycles. The molecule has 0 saturated heterocycles. The molecule has 0 aliphatic carbocycles. The Kier molecular flexibility index (Phi) is 3.69. The molecule has 6 heteroatoms. The van der Waals surface area contributed by atoms with E-state index in [4.69, 9.17) is 4.99 Å². The predicted octanol–water partition coefficient (Wildman–Crippen LogP) is 4.60. The first-order valence-electron chi connectivity index (χ1n) is 7.61. The molecule has 0 saturated carbocycles. The first kappa shape index (κ1) is 15.1. The van der Waals surface area contributed by atoms with Crippen molar-refractivity contribution in [3.8, 4) is 5.69 Å². The van der Waals surface area contributed by atoms with Crippen molar-refractivity contribution >= 4 is 22.6 Å². The van der Waals surface area contributed by atoms with Gasteiger partial charge in [0, 0.05) is 18.0 Å². The van der Waals surface area contributed by atoms with E-state index in [9.17, 15) is 4.39 Å². The topological polar surface area (TPSA) is 43.1 Å². The van der Waals surface area contributed by atoms with E-state index >= 15 is 0 Å². The molecular formula is C18H15FN4S. The Labute approximate surface area is 143 Å². The van der Waals surface area contributed by atoms with E-state index in [2.05, 4.69) is 16.1 Å². The van der Waals surface area contributed by atoms with Crippen LogP contribution in [0.5, 0.6) is 0 Å². The lowest BCUT2D eigenvalue weighted by atomic mass is 10.1. The van der Waals surface area contributed by atoms with Gasteiger partial charge in [-0.25, -0.2) is 14.1 Å². The van der Waals surface area contributed by atoms with Gasteiger partial charge in [-0.1, -0.05) is 17.8 Å². The number of hydrogen-bond acceptors (Lipinski definition) is 4. The number of rotatable bonds is 2. The second kappa shape index (κ2) is 5.87. The van der Waals surface area contributed by atoms with E-state index in [1.54, 1.807) is 34.8 Å². The molecule has 0 unspecified atom stereocenters. The number of hydrogen-bond donors (Lipinski definition) is 0. The number of nitrogens with zero attached hydrogens (tertiary/aromatic N) is 4. The van der Waals surface area contributed by atoms with Crippen molar-refractivity contribution in [3.05, 3.63) is 71.4 Å². The molecule has 0 spiro atoms. The van der Waals surface area contributed by atoms with E-state index in [1.165, 1.54) is 12.1 Å². The molecule has 0 fully saturated rings. The van der Waals surface area contributed by atoms with Crippen LogP contribution < -0.4 is 0 Å². The average Bonchev–Trinajstić information content (AvgIpc) is 2.92. The summed E-state index contributed by atoms with van der Waals surface area (Å²) in [6.07, 6.45) is 3.66. The molecule has 0 amide bonds. The van der Waals surface area contributed by atoms with Gasteiger partial charge in [0.25, 0.3) is 0 Å². The number of aromatic nitrogens is 3. The monoisotopic (exact) mass is 338 g/mol. The van der Waals surface area contributed by atoms with Crippen molar-refractivity contribution in [3.63, 3.8) is 0 Å². The number of thioether (sulfide) groups is 1. The van der Waals surface area contributed by atoms with Gasteiger partial charge < -0.3 is 0 Å². The van der Waals surface area contributed by atoms with Gasteiger partial charge >= 0.3 is 0 Å². The molecule has 4 nitrogen and oxygen atoms in total. The van der Waals surface area contributed by atoms with E-state index in [0.717, 1.165) is 33.4 Å². The maximum absolute atomic E-state index is 13.2. The number of pyridine rings is 1. The summed E-state index contributed by atoms with van der Waals surface area (Å²) in [6.45, 7) is 3.98. The summed E-state index contributed by atoms with van der Waals surface area (Å²) in [5.74, 6) is 0.546. The van der Waals surface area contributed by atoms with Crippen molar-refractivity contribution < 1.29 is 4.39 Å². The van der Waals surface area contributed by atoms with Gasteiger partial charge in [-0.3, -0.25) is 4.98 Å². The molecule has 24 heavy (non-hydrogen) atoms. The zero-order chi connectivity index (χ0) is 16.7. The fourth-order valence-electron chi connectivity index (χ4n) is 2.87. The molecule has 0 N–H and O–H groups in total. The summed E-state index contributed by atoms with van der Waals surface area (Å²) in [7, 11) is 0. The minimum atomic E-state index is -0.264. The van der Waals surface area contributed by atoms with E-state index in [1.807, 2.05) is 26.1 Å². The lowest BCUT2D eigenvalue weighted by molar-refractivity contribution is 0.627. The fraction of sp³-hybridized carbons (Fsp3) is 0.167. The second-order valence-electron chi connectivity index (χ2n) is 5.63. The van der Waals surface area contributed by atoms with Crippen LogP contribution in [0.2, 0.25) is 0 Å². The molecular weight excluding hydrogens is 323 g/mol. The summed E-state index contributed by atoms with van der Waals surface area (Å²) < 4.78 is 15.0. The van der Waals surface area contributed by atoms with Crippen LogP contribution in [0.1, 0.15) is 29.0 Å². The Hall–Kier alpha value is -2.47. The largest absolute Gasteiger partial charge is 0.264 e. The normalized spacial score (nSPS) is 16.6. The molecule has 1 atom stereocenters. The Balaban J connectivity index is 1.89. The third kappa shape index (κ3) is 2.53. The minimum absolute atomic E-state index is 0.111. The third-order valence-electron chi connectivity index (χ3n) is 3.95. The van der Waals surface area contributed by atoms with Gasteiger partial charge in [-0.2, -0.15) is 5.10 Å². The number of aliphatic imine (C=N–C) groups is 1. The first-order chi connectivity index (χ1) is 11.6. The molecule has 0 radical (unpaired) electrons. The summed E-state index contributed by atoms with van der Waals surface area (Å²) in [5, 5.41) is 5.74. The molecule has 2 aromatic heterocycles. The third-order valence-corrected chi connectivity index (χ3v) is 5.13. The van der Waals surface area contributed by atoms with E-state index in [-0.39, 0.29) is 11.1 Å². The van der Waals surface area contributed by atoms with Crippen molar-refractivity contribution in [2.75, 3.05) is 0 Å². The van der Waals surface area contributed by atoms with Crippen molar-refractivity contribution in [1.82, 2.24) is 14.8 Å². The van der Waals surface area contributed by atoms with Gasteiger partial charge in [-0.15, -0.1) is 0 Å². The Morgan fingerprint density at radius 3 is 2.62 bits per heavy atom. The zero-order valence-corrected chi connectivity index (χ0v) is 14.1. The van der Waals surface area contributed by atoms with E-state index in [0.29, 0.717) is 0 Å². The maximum Gasteiger partial charge on any atom is 0.161 e.